The number of hydrogen-bond acceptors (Lipinski definition) is 4. The molecule has 1 heterocycles. The molecule has 0 fully saturated rings. The lowest BCUT2D eigenvalue weighted by Crippen LogP contribution is -1.96. The topological polar surface area (TPSA) is 108 Å². The molecular weight excluding hydrogens is 341 g/mol. The van der Waals surface area contributed by atoms with Crippen LogP contribution < -0.4 is 5.32 Å². The minimum Gasteiger partial charge on any atom is -0.477 e. The van der Waals surface area contributed by atoms with Crippen LogP contribution in [0.25, 0.3) is 10.9 Å². The van der Waals surface area contributed by atoms with Crippen molar-refractivity contribution in [2.45, 2.75) is 0 Å². The Morgan fingerprint density at radius 2 is 2.00 bits per heavy atom. The number of H-pyrrole nitrogens is 1. The van der Waals surface area contributed by atoms with Crippen LogP contribution in [0.15, 0.2) is 36.4 Å². The van der Waals surface area contributed by atoms with Gasteiger partial charge in [-0.05, 0) is 30.3 Å². The molecular formula is C15H9ClFN3O4. The van der Waals surface area contributed by atoms with Crippen LogP contribution in [0.4, 0.5) is 21.5 Å². The second-order valence-electron chi connectivity index (χ2n) is 4.92. The Hall–Kier alpha value is -3.13. The summed E-state index contributed by atoms with van der Waals surface area (Å²) in [7, 11) is 0. The zero-order chi connectivity index (χ0) is 17.4. The summed E-state index contributed by atoms with van der Waals surface area (Å²) < 4.78 is 13.9. The zero-order valence-corrected chi connectivity index (χ0v) is 12.6. The van der Waals surface area contributed by atoms with Gasteiger partial charge in [0.25, 0.3) is 5.69 Å². The molecule has 0 saturated heterocycles. The minimum atomic E-state index is -1.26. The molecule has 1 aromatic heterocycles. The molecule has 3 N–H and O–H groups in total. The van der Waals surface area contributed by atoms with Crippen molar-refractivity contribution in [1.82, 2.24) is 4.98 Å². The number of fused-ring (bicyclic) bond motifs is 1. The molecule has 0 atom stereocenters. The van der Waals surface area contributed by atoms with Gasteiger partial charge >= 0.3 is 5.97 Å². The van der Waals surface area contributed by atoms with E-state index in [2.05, 4.69) is 10.3 Å². The number of nitro groups is 1. The second-order valence-corrected chi connectivity index (χ2v) is 5.35. The first-order chi connectivity index (χ1) is 11.4. The summed E-state index contributed by atoms with van der Waals surface area (Å²) in [5.41, 5.74) is -0.0930. The fraction of sp³-hybridized carbons (Fsp3) is 0. The van der Waals surface area contributed by atoms with Crippen LogP contribution in [0.1, 0.15) is 10.5 Å². The number of non-ortho nitro benzene ring substituents is 1. The number of rotatable bonds is 4. The zero-order valence-electron chi connectivity index (χ0n) is 11.8. The molecule has 0 aliphatic carbocycles. The van der Waals surface area contributed by atoms with Gasteiger partial charge in [-0.25, -0.2) is 9.18 Å². The lowest BCUT2D eigenvalue weighted by molar-refractivity contribution is -0.383. The van der Waals surface area contributed by atoms with E-state index in [0.717, 1.165) is 0 Å². The van der Waals surface area contributed by atoms with Crippen LogP contribution in [0.5, 0.6) is 0 Å². The summed E-state index contributed by atoms with van der Waals surface area (Å²) in [4.78, 5) is 24.1. The van der Waals surface area contributed by atoms with Crippen molar-refractivity contribution >= 4 is 45.5 Å². The standard InChI is InChI=1S/C15H9ClFN3O4/c16-7-1-2-9(17)11(5-7)18-10-3-4-13(20(23)24)14-8(10)6-12(19-14)15(21)22/h1-6,18-19H,(H,21,22). The maximum Gasteiger partial charge on any atom is 0.352 e. The molecule has 0 amide bonds. The molecule has 0 bridgehead atoms. The third-order valence-corrected chi connectivity index (χ3v) is 3.63. The molecule has 0 aliphatic rings. The number of nitrogens with zero attached hydrogens (tertiary/aromatic N) is 1. The van der Waals surface area contributed by atoms with Crippen molar-refractivity contribution in [2.24, 2.45) is 0 Å². The molecule has 2 aromatic carbocycles. The first-order valence-electron chi connectivity index (χ1n) is 6.62. The Morgan fingerprint density at radius 3 is 2.67 bits per heavy atom. The van der Waals surface area contributed by atoms with Crippen LogP contribution in [0.2, 0.25) is 5.02 Å². The van der Waals surface area contributed by atoms with Crippen LogP contribution in [-0.2, 0) is 0 Å². The van der Waals surface area contributed by atoms with E-state index in [-0.39, 0.29) is 28.0 Å². The van der Waals surface area contributed by atoms with E-state index in [0.29, 0.717) is 10.7 Å². The van der Waals surface area contributed by atoms with Crippen molar-refractivity contribution < 1.29 is 19.2 Å². The SMILES string of the molecule is O=C(O)c1cc2c(Nc3cc(Cl)ccc3F)ccc([N+](=O)[O-])c2[nH]1. The van der Waals surface area contributed by atoms with E-state index >= 15 is 0 Å². The third kappa shape index (κ3) is 2.74. The molecule has 3 aromatic rings. The smallest absolute Gasteiger partial charge is 0.352 e. The number of carboxylic acids is 1. The van der Waals surface area contributed by atoms with Gasteiger partial charge in [-0.2, -0.15) is 0 Å². The molecule has 3 rings (SSSR count). The summed E-state index contributed by atoms with van der Waals surface area (Å²) >= 11 is 5.83. The maximum atomic E-state index is 13.9. The first-order valence-corrected chi connectivity index (χ1v) is 7.00. The predicted octanol–water partition coefficient (Wildman–Crippen LogP) is 4.31. The molecule has 0 aliphatic heterocycles. The van der Waals surface area contributed by atoms with Crippen LogP contribution in [-0.4, -0.2) is 21.0 Å². The highest BCUT2D eigenvalue weighted by Crippen LogP contribution is 2.34. The fourth-order valence-electron chi connectivity index (χ4n) is 2.32. The van der Waals surface area contributed by atoms with Gasteiger partial charge in [0.15, 0.2) is 0 Å². The summed E-state index contributed by atoms with van der Waals surface area (Å²) in [6.45, 7) is 0. The van der Waals surface area contributed by atoms with E-state index in [1.807, 2.05) is 0 Å². The quantitative estimate of drug-likeness (QED) is 0.480. The maximum absolute atomic E-state index is 13.9. The minimum absolute atomic E-state index is 0.0323. The first kappa shape index (κ1) is 15.8. The van der Waals surface area contributed by atoms with Crippen molar-refractivity contribution in [1.29, 1.82) is 0 Å². The molecule has 0 spiro atoms. The van der Waals surface area contributed by atoms with Gasteiger partial charge in [-0.1, -0.05) is 11.6 Å². The van der Waals surface area contributed by atoms with Crippen molar-refractivity contribution in [3.05, 3.63) is 63.0 Å². The van der Waals surface area contributed by atoms with Crippen molar-refractivity contribution in [3.63, 3.8) is 0 Å². The lowest BCUT2D eigenvalue weighted by atomic mass is 10.1. The van der Waals surface area contributed by atoms with E-state index in [9.17, 15) is 19.3 Å². The Morgan fingerprint density at radius 1 is 1.25 bits per heavy atom. The molecule has 0 unspecified atom stereocenters. The molecule has 0 radical (unpaired) electrons. The van der Waals surface area contributed by atoms with Crippen LogP contribution >= 0.6 is 11.6 Å². The number of aromatic nitrogens is 1. The van der Waals surface area contributed by atoms with Gasteiger partial charge in [0.2, 0.25) is 0 Å². The number of hydrogen-bond donors (Lipinski definition) is 3. The van der Waals surface area contributed by atoms with Crippen LogP contribution in [0, 0.1) is 15.9 Å². The highest BCUT2D eigenvalue weighted by atomic mass is 35.5. The number of carbonyl (C=O) groups is 1. The average molecular weight is 350 g/mol. The van der Waals surface area contributed by atoms with Crippen LogP contribution in [0.3, 0.4) is 0 Å². The fourth-order valence-corrected chi connectivity index (χ4v) is 2.49. The Kier molecular flexibility index (Phi) is 3.82. The Bertz CT molecular complexity index is 986. The lowest BCUT2D eigenvalue weighted by Gasteiger charge is -2.09. The second kappa shape index (κ2) is 5.82. The average Bonchev–Trinajstić information content (AvgIpc) is 2.96. The number of nitro benzene ring substituents is 1. The van der Waals surface area contributed by atoms with E-state index < -0.39 is 16.7 Å². The highest BCUT2D eigenvalue weighted by molar-refractivity contribution is 6.30. The van der Waals surface area contributed by atoms with E-state index in [1.165, 1.54) is 36.4 Å². The molecule has 122 valence electrons. The largest absolute Gasteiger partial charge is 0.477 e. The van der Waals surface area contributed by atoms with Gasteiger partial charge in [-0.3, -0.25) is 10.1 Å². The number of carboxylic acid groups (broad SMARTS) is 1. The molecule has 9 heteroatoms. The molecule has 0 saturated carbocycles. The number of aromatic carboxylic acids is 1. The predicted molar refractivity (Wildman–Crippen MR) is 86.6 cm³/mol. The number of anilines is 2. The summed E-state index contributed by atoms with van der Waals surface area (Å²) in [6, 6.07) is 7.74. The monoisotopic (exact) mass is 349 g/mol. The van der Waals surface area contributed by atoms with Gasteiger partial charge < -0.3 is 15.4 Å². The normalized spacial score (nSPS) is 10.8. The molecule has 7 nitrogen and oxygen atoms in total. The highest BCUT2D eigenvalue weighted by Gasteiger charge is 2.20. The third-order valence-electron chi connectivity index (χ3n) is 3.40. The molecule has 24 heavy (non-hydrogen) atoms. The summed E-state index contributed by atoms with van der Waals surface area (Å²) in [5.74, 6) is -1.83. The number of nitrogens with one attached hydrogen (secondary N) is 2. The van der Waals surface area contributed by atoms with Gasteiger partial charge in [-0.15, -0.1) is 0 Å². The number of aromatic amines is 1. The summed E-state index contributed by atoms with van der Waals surface area (Å²) in [5, 5.41) is 23.5. The van der Waals surface area contributed by atoms with Gasteiger partial charge in [0, 0.05) is 22.2 Å². The van der Waals surface area contributed by atoms with E-state index in [4.69, 9.17) is 16.7 Å². The number of benzene rings is 2. The van der Waals surface area contributed by atoms with Gasteiger partial charge in [0.1, 0.15) is 17.0 Å². The Balaban J connectivity index is 2.18. The van der Waals surface area contributed by atoms with Crippen molar-refractivity contribution in [3.8, 4) is 0 Å². The van der Waals surface area contributed by atoms with E-state index in [1.54, 1.807) is 0 Å². The Labute approximate surface area is 138 Å². The van der Waals surface area contributed by atoms with Gasteiger partial charge in [0.05, 0.1) is 10.6 Å². The van der Waals surface area contributed by atoms with Crippen molar-refractivity contribution in [2.75, 3.05) is 5.32 Å². The number of halogens is 2. The summed E-state index contributed by atoms with van der Waals surface area (Å²) in [6.07, 6.45) is 0.